The molecule has 0 unspecified atom stereocenters. The van der Waals surface area contributed by atoms with Crippen LogP contribution in [0.1, 0.15) is 0 Å². The van der Waals surface area contributed by atoms with Crippen molar-refractivity contribution in [1.82, 2.24) is 9.80 Å². The monoisotopic (exact) mass is 508 g/mol. The van der Waals surface area contributed by atoms with E-state index in [1.807, 2.05) is 43.3 Å². The first-order valence-corrected chi connectivity index (χ1v) is 10.6. The molecule has 0 aromatic heterocycles. The van der Waals surface area contributed by atoms with Crippen molar-refractivity contribution in [2.75, 3.05) is 64.1 Å². The van der Waals surface area contributed by atoms with E-state index in [4.69, 9.17) is 20.4 Å². The van der Waals surface area contributed by atoms with Crippen molar-refractivity contribution in [1.29, 1.82) is 0 Å². The lowest BCUT2D eigenvalue weighted by Gasteiger charge is -2.31. The van der Waals surface area contributed by atoms with Crippen LogP contribution in [0.3, 0.4) is 0 Å². The number of rotatable bonds is 8. The lowest BCUT2D eigenvalue weighted by atomic mass is 10.2. The Morgan fingerprint density at radius 3 is 1.50 bits per heavy atom. The van der Waals surface area contributed by atoms with Gasteiger partial charge in [0, 0.05) is 76.0 Å². The number of carbonyl (C=O) groups is 5. The van der Waals surface area contributed by atoms with Crippen LogP contribution in [0.5, 0.6) is 0 Å². The van der Waals surface area contributed by atoms with Gasteiger partial charge in [0.05, 0.1) is 6.54 Å². The smallest absolute Gasteiger partial charge is 0.328 e. The highest BCUT2D eigenvalue weighted by atomic mass is 16.4. The van der Waals surface area contributed by atoms with Crippen molar-refractivity contribution in [3.05, 3.63) is 48.6 Å². The molecule has 1 aromatic rings. The third-order valence-electron chi connectivity index (χ3n) is 4.37. The summed E-state index contributed by atoms with van der Waals surface area (Å²) in [7, 11) is 6.12. The number of hydrogen-bond donors (Lipinski definition) is 5. The maximum atomic E-state index is 12.0. The third-order valence-corrected chi connectivity index (χ3v) is 4.37. The number of carboxylic acids is 4. The molecular weight excluding hydrogens is 476 g/mol. The van der Waals surface area contributed by atoms with E-state index in [-0.39, 0.29) is 5.91 Å². The van der Waals surface area contributed by atoms with Gasteiger partial charge in [-0.25, -0.2) is 19.2 Å². The maximum Gasteiger partial charge on any atom is 0.328 e. The van der Waals surface area contributed by atoms with E-state index < -0.39 is 23.9 Å². The number of likely N-dealkylation sites (N-methyl/N-ethyl adjacent to an activating group) is 1. The Bertz CT molecular complexity index is 869. The molecule has 1 heterocycles. The summed E-state index contributed by atoms with van der Waals surface area (Å²) in [6.07, 6.45) is 2.23. The van der Waals surface area contributed by atoms with Crippen LogP contribution in [0.15, 0.2) is 48.6 Å². The fourth-order valence-electron chi connectivity index (χ4n) is 2.54. The van der Waals surface area contributed by atoms with Gasteiger partial charge in [-0.05, 0) is 31.3 Å². The second-order valence-electron chi connectivity index (χ2n) is 7.59. The van der Waals surface area contributed by atoms with E-state index in [1.54, 1.807) is 0 Å². The second kappa shape index (κ2) is 17.2. The van der Waals surface area contributed by atoms with Gasteiger partial charge in [-0.3, -0.25) is 9.69 Å². The number of anilines is 2. The Morgan fingerprint density at radius 1 is 0.778 bits per heavy atom. The van der Waals surface area contributed by atoms with Crippen molar-refractivity contribution < 1.29 is 44.4 Å². The SMILES string of the molecule is CN1CCN(CC(=O)Nc2ccc(N(C)C)cc2)CC1.O=C(O)/C=C/C(=O)O.O=C(O)/C=C/C(=O)O. The summed E-state index contributed by atoms with van der Waals surface area (Å²) < 4.78 is 0. The number of benzene rings is 1. The molecule has 13 nitrogen and oxygen atoms in total. The molecular formula is C23H32N4O9. The van der Waals surface area contributed by atoms with Gasteiger partial charge in [0.1, 0.15) is 0 Å². The Morgan fingerprint density at radius 2 is 1.17 bits per heavy atom. The Hall–Kier alpha value is -4.23. The van der Waals surface area contributed by atoms with E-state index in [2.05, 4.69) is 22.2 Å². The van der Waals surface area contributed by atoms with Crippen LogP contribution < -0.4 is 10.2 Å². The second-order valence-corrected chi connectivity index (χ2v) is 7.59. The van der Waals surface area contributed by atoms with Crippen molar-refractivity contribution >= 4 is 41.2 Å². The zero-order valence-corrected chi connectivity index (χ0v) is 20.3. The largest absolute Gasteiger partial charge is 0.478 e. The highest BCUT2D eigenvalue weighted by Gasteiger charge is 2.16. The summed E-state index contributed by atoms with van der Waals surface area (Å²) in [4.78, 5) is 56.7. The van der Waals surface area contributed by atoms with Gasteiger partial charge < -0.3 is 35.5 Å². The van der Waals surface area contributed by atoms with Gasteiger partial charge in [0.2, 0.25) is 5.91 Å². The first kappa shape index (κ1) is 31.8. The van der Waals surface area contributed by atoms with E-state index >= 15 is 0 Å². The number of carboxylic acid groups (broad SMARTS) is 4. The molecule has 1 saturated heterocycles. The summed E-state index contributed by atoms with van der Waals surface area (Å²) in [6.45, 7) is 4.46. The van der Waals surface area contributed by atoms with E-state index in [0.717, 1.165) is 37.6 Å². The van der Waals surface area contributed by atoms with Gasteiger partial charge in [-0.1, -0.05) is 0 Å². The molecule has 0 saturated carbocycles. The zero-order valence-electron chi connectivity index (χ0n) is 20.3. The van der Waals surface area contributed by atoms with Crippen LogP contribution in [0.2, 0.25) is 0 Å². The molecule has 1 aliphatic rings. The summed E-state index contributed by atoms with van der Waals surface area (Å²) in [5.74, 6) is -4.97. The van der Waals surface area contributed by atoms with Crippen molar-refractivity contribution in [2.24, 2.45) is 0 Å². The molecule has 0 bridgehead atoms. The Labute approximate surface area is 208 Å². The average molecular weight is 509 g/mol. The summed E-state index contributed by atoms with van der Waals surface area (Å²) >= 11 is 0. The minimum absolute atomic E-state index is 0.0622. The minimum atomic E-state index is -1.26. The normalized spacial score (nSPS) is 13.6. The van der Waals surface area contributed by atoms with Gasteiger partial charge in [-0.2, -0.15) is 0 Å². The fraction of sp³-hybridized carbons (Fsp3) is 0.348. The molecule has 1 aliphatic heterocycles. The summed E-state index contributed by atoms with van der Waals surface area (Å²) in [6, 6.07) is 7.89. The maximum absolute atomic E-state index is 12.0. The molecule has 198 valence electrons. The standard InChI is InChI=1S/C15H24N4O.2C4H4O4/c1-17(2)14-6-4-13(5-7-14)16-15(20)12-19-10-8-18(3)9-11-19;2*5-3(6)1-2-4(7)8/h4-7H,8-12H2,1-3H3,(H,16,20);2*1-2H,(H,5,6)(H,7,8)/b;2*2-1+. The van der Waals surface area contributed by atoms with Crippen LogP contribution in [-0.4, -0.2) is 114 Å². The van der Waals surface area contributed by atoms with Crippen LogP contribution in [0.4, 0.5) is 11.4 Å². The molecule has 1 fully saturated rings. The number of nitrogens with one attached hydrogen (secondary N) is 1. The molecule has 5 N–H and O–H groups in total. The lowest BCUT2D eigenvalue weighted by Crippen LogP contribution is -2.47. The van der Waals surface area contributed by atoms with Crippen LogP contribution in [-0.2, 0) is 24.0 Å². The number of nitrogens with zero attached hydrogens (tertiary/aromatic N) is 3. The number of hydrogen-bond acceptors (Lipinski definition) is 8. The molecule has 0 spiro atoms. The van der Waals surface area contributed by atoms with Crippen LogP contribution in [0.25, 0.3) is 0 Å². The molecule has 2 rings (SSSR count). The number of aliphatic carboxylic acids is 4. The highest BCUT2D eigenvalue weighted by Crippen LogP contribution is 2.15. The number of amides is 1. The Balaban J connectivity index is 0.000000634. The van der Waals surface area contributed by atoms with Crippen molar-refractivity contribution in [3.63, 3.8) is 0 Å². The molecule has 36 heavy (non-hydrogen) atoms. The lowest BCUT2D eigenvalue weighted by molar-refractivity contribution is -0.134. The molecule has 13 heteroatoms. The van der Waals surface area contributed by atoms with Gasteiger partial charge >= 0.3 is 23.9 Å². The summed E-state index contributed by atoms with van der Waals surface area (Å²) in [5.41, 5.74) is 1.98. The third kappa shape index (κ3) is 17.3. The number of carbonyl (C=O) groups excluding carboxylic acids is 1. The molecule has 0 aliphatic carbocycles. The molecule has 0 radical (unpaired) electrons. The number of piperazine rings is 1. The fourth-order valence-corrected chi connectivity index (χ4v) is 2.54. The Kier molecular flexibility index (Phi) is 15.2. The van der Waals surface area contributed by atoms with Crippen molar-refractivity contribution in [2.45, 2.75) is 0 Å². The van der Waals surface area contributed by atoms with E-state index in [9.17, 15) is 24.0 Å². The van der Waals surface area contributed by atoms with Crippen LogP contribution in [0, 0.1) is 0 Å². The first-order chi connectivity index (χ1) is 16.8. The van der Waals surface area contributed by atoms with Crippen LogP contribution >= 0.6 is 0 Å². The topological polar surface area (TPSA) is 188 Å². The van der Waals surface area contributed by atoms with Gasteiger partial charge in [0.25, 0.3) is 0 Å². The van der Waals surface area contributed by atoms with Gasteiger partial charge in [0.15, 0.2) is 0 Å². The van der Waals surface area contributed by atoms with E-state index in [1.165, 1.54) is 0 Å². The summed E-state index contributed by atoms with van der Waals surface area (Å²) in [5, 5.41) is 34.2. The average Bonchev–Trinajstić information content (AvgIpc) is 2.79. The van der Waals surface area contributed by atoms with Gasteiger partial charge in [-0.15, -0.1) is 0 Å². The van der Waals surface area contributed by atoms with Crippen molar-refractivity contribution in [3.8, 4) is 0 Å². The molecule has 1 aromatic carbocycles. The first-order valence-electron chi connectivity index (χ1n) is 10.6. The molecule has 0 atom stereocenters. The minimum Gasteiger partial charge on any atom is -0.478 e. The van der Waals surface area contributed by atoms with E-state index in [0.29, 0.717) is 30.8 Å². The quantitative estimate of drug-likeness (QED) is 0.304. The zero-order chi connectivity index (χ0) is 27.7. The molecule has 1 amide bonds. The highest BCUT2D eigenvalue weighted by molar-refractivity contribution is 5.92. The predicted molar refractivity (Wildman–Crippen MR) is 132 cm³/mol. The predicted octanol–water partition coefficient (Wildman–Crippen LogP) is 0.362.